The van der Waals surface area contributed by atoms with Crippen molar-refractivity contribution in [3.05, 3.63) is 47.2 Å². The molecule has 0 saturated carbocycles. The maximum atomic E-state index is 13.9. The van der Waals surface area contributed by atoms with E-state index in [2.05, 4.69) is 0 Å². The molecule has 1 aromatic rings. The standard InChI is InChI=1S/C20H25F3N2O3/c1-7-27-16(26)14-15(20(21,22)23)28-25-18(4,5)17(2,3)24(6)19(14,25)13-11-9-8-10-12-13/h8-12H,7H2,1-6H3. The predicted octanol–water partition coefficient (Wildman–Crippen LogP) is 3.97. The van der Waals surface area contributed by atoms with Gasteiger partial charge < -0.3 is 9.57 Å². The average molecular weight is 398 g/mol. The van der Waals surface area contributed by atoms with Crippen LogP contribution in [0.3, 0.4) is 0 Å². The third-order valence-corrected chi connectivity index (χ3v) is 6.29. The van der Waals surface area contributed by atoms with E-state index in [0.717, 1.165) is 0 Å². The molecule has 28 heavy (non-hydrogen) atoms. The molecule has 3 rings (SSSR count). The number of halogens is 3. The lowest BCUT2D eigenvalue weighted by Crippen LogP contribution is -2.53. The van der Waals surface area contributed by atoms with Gasteiger partial charge in [-0.2, -0.15) is 13.2 Å². The van der Waals surface area contributed by atoms with E-state index in [1.807, 2.05) is 13.8 Å². The van der Waals surface area contributed by atoms with Crippen LogP contribution in [0.4, 0.5) is 13.2 Å². The first-order chi connectivity index (χ1) is 12.8. The van der Waals surface area contributed by atoms with Gasteiger partial charge >= 0.3 is 12.1 Å². The lowest BCUT2D eigenvalue weighted by molar-refractivity contribution is -0.242. The Kier molecular flexibility index (Phi) is 4.59. The normalized spacial score (nSPS) is 26.9. The highest BCUT2D eigenvalue weighted by Crippen LogP contribution is 2.61. The summed E-state index contributed by atoms with van der Waals surface area (Å²) in [5, 5.41) is 1.30. The highest BCUT2D eigenvalue weighted by atomic mass is 19.4. The summed E-state index contributed by atoms with van der Waals surface area (Å²) in [6.45, 7) is 8.94. The molecular formula is C20H25F3N2O3. The number of fused-ring (bicyclic) bond motifs is 1. The molecule has 0 radical (unpaired) electrons. The number of allylic oxidation sites excluding steroid dienone is 1. The maximum Gasteiger partial charge on any atom is 0.452 e. The third kappa shape index (κ3) is 2.43. The maximum absolute atomic E-state index is 13.9. The van der Waals surface area contributed by atoms with Crippen molar-refractivity contribution in [3.8, 4) is 0 Å². The number of hydroxylamine groups is 2. The second-order valence-corrected chi connectivity index (χ2v) is 8.02. The molecule has 1 fully saturated rings. The van der Waals surface area contributed by atoms with Crippen molar-refractivity contribution in [1.82, 2.24) is 9.96 Å². The Balaban J connectivity index is 2.42. The number of ether oxygens (including phenoxy) is 1. The van der Waals surface area contributed by atoms with Crippen LogP contribution in [-0.2, 0) is 20.0 Å². The summed E-state index contributed by atoms with van der Waals surface area (Å²) < 4.78 is 46.9. The van der Waals surface area contributed by atoms with Gasteiger partial charge in [0.05, 0.1) is 12.1 Å². The number of carbonyl (C=O) groups is 1. The zero-order valence-corrected chi connectivity index (χ0v) is 16.8. The van der Waals surface area contributed by atoms with Crippen LogP contribution in [0.15, 0.2) is 41.7 Å². The quantitative estimate of drug-likeness (QED) is 0.721. The van der Waals surface area contributed by atoms with Gasteiger partial charge in [0.1, 0.15) is 5.57 Å². The molecule has 1 atom stereocenters. The van der Waals surface area contributed by atoms with Crippen molar-refractivity contribution >= 4 is 5.97 Å². The Labute approximate surface area is 162 Å². The Morgan fingerprint density at radius 2 is 1.68 bits per heavy atom. The van der Waals surface area contributed by atoms with Crippen LogP contribution in [0, 0.1) is 0 Å². The van der Waals surface area contributed by atoms with Gasteiger partial charge in [0.15, 0.2) is 5.66 Å². The monoisotopic (exact) mass is 398 g/mol. The molecule has 0 spiro atoms. The molecule has 2 aliphatic heterocycles. The van der Waals surface area contributed by atoms with E-state index >= 15 is 0 Å². The number of alkyl halides is 3. The SMILES string of the molecule is CCOC(=O)C1=C(C(F)(F)F)ON2C1(c1ccccc1)N(C)C(C)(C)C2(C)C. The van der Waals surface area contributed by atoms with Gasteiger partial charge in [0.25, 0.3) is 0 Å². The first-order valence-electron chi connectivity index (χ1n) is 9.11. The molecule has 0 amide bonds. The second-order valence-electron chi connectivity index (χ2n) is 8.02. The molecule has 1 aromatic carbocycles. The Morgan fingerprint density at radius 1 is 1.11 bits per heavy atom. The first kappa shape index (κ1) is 20.7. The summed E-state index contributed by atoms with van der Waals surface area (Å²) in [6, 6.07) is 8.61. The molecular weight excluding hydrogens is 373 g/mol. The van der Waals surface area contributed by atoms with Crippen molar-refractivity contribution < 1.29 is 27.5 Å². The molecule has 2 aliphatic rings. The van der Waals surface area contributed by atoms with Gasteiger partial charge in [-0.25, -0.2) is 4.79 Å². The van der Waals surface area contributed by atoms with Gasteiger partial charge in [-0.05, 0) is 47.2 Å². The van der Waals surface area contributed by atoms with Crippen LogP contribution in [0.2, 0.25) is 0 Å². The van der Waals surface area contributed by atoms with Gasteiger partial charge in [-0.3, -0.25) is 4.90 Å². The van der Waals surface area contributed by atoms with Gasteiger partial charge in [-0.15, -0.1) is 5.06 Å². The lowest BCUT2D eigenvalue weighted by Gasteiger charge is -2.41. The highest BCUT2D eigenvalue weighted by Gasteiger charge is 2.74. The van der Waals surface area contributed by atoms with E-state index in [4.69, 9.17) is 9.57 Å². The third-order valence-electron chi connectivity index (χ3n) is 6.29. The number of benzene rings is 1. The fraction of sp³-hybridized carbons (Fsp3) is 0.550. The van der Waals surface area contributed by atoms with Crippen molar-refractivity contribution in [1.29, 1.82) is 0 Å². The minimum absolute atomic E-state index is 0.0468. The minimum atomic E-state index is -4.85. The van der Waals surface area contributed by atoms with Crippen LogP contribution < -0.4 is 0 Å². The Morgan fingerprint density at radius 3 is 2.18 bits per heavy atom. The molecule has 0 aromatic heterocycles. The van der Waals surface area contributed by atoms with E-state index < -0.39 is 40.2 Å². The first-order valence-corrected chi connectivity index (χ1v) is 9.11. The van der Waals surface area contributed by atoms with E-state index in [1.165, 1.54) is 5.06 Å². The van der Waals surface area contributed by atoms with E-state index in [-0.39, 0.29) is 6.61 Å². The summed E-state index contributed by atoms with van der Waals surface area (Å²) in [5.41, 5.74) is -3.14. The summed E-state index contributed by atoms with van der Waals surface area (Å²) in [6.07, 6.45) is -4.85. The fourth-order valence-corrected chi connectivity index (χ4v) is 4.11. The number of carbonyl (C=O) groups excluding carboxylic acids is 1. The molecule has 8 heteroatoms. The van der Waals surface area contributed by atoms with Crippen molar-refractivity contribution in [2.75, 3.05) is 13.7 Å². The van der Waals surface area contributed by atoms with E-state index in [9.17, 15) is 18.0 Å². The molecule has 5 nitrogen and oxygen atoms in total. The lowest BCUT2D eigenvalue weighted by atomic mass is 9.83. The topological polar surface area (TPSA) is 42.0 Å². The zero-order chi connectivity index (χ0) is 21.1. The van der Waals surface area contributed by atoms with Crippen molar-refractivity contribution in [2.24, 2.45) is 0 Å². The number of hydrogen-bond acceptors (Lipinski definition) is 5. The average Bonchev–Trinajstić information content (AvgIpc) is 3.03. The minimum Gasteiger partial charge on any atom is -0.462 e. The number of nitrogens with zero attached hydrogens (tertiary/aromatic N) is 2. The Hall–Kier alpha value is -2.06. The fourth-order valence-electron chi connectivity index (χ4n) is 4.11. The number of rotatable bonds is 3. The molecule has 1 unspecified atom stereocenters. The van der Waals surface area contributed by atoms with Crippen LogP contribution in [0.25, 0.3) is 0 Å². The highest BCUT2D eigenvalue weighted by molar-refractivity contribution is 5.93. The zero-order valence-electron chi connectivity index (χ0n) is 16.8. The van der Waals surface area contributed by atoms with E-state index in [1.54, 1.807) is 63.1 Å². The predicted molar refractivity (Wildman–Crippen MR) is 96.7 cm³/mol. The molecule has 0 aliphatic carbocycles. The van der Waals surface area contributed by atoms with Gasteiger partial charge in [0, 0.05) is 5.54 Å². The molecule has 0 bridgehead atoms. The largest absolute Gasteiger partial charge is 0.462 e. The van der Waals surface area contributed by atoms with E-state index in [0.29, 0.717) is 5.56 Å². The smallest absolute Gasteiger partial charge is 0.452 e. The second kappa shape index (κ2) is 6.22. The van der Waals surface area contributed by atoms with Crippen molar-refractivity contribution in [2.45, 2.75) is 57.5 Å². The van der Waals surface area contributed by atoms with Crippen LogP contribution in [-0.4, -0.2) is 46.8 Å². The van der Waals surface area contributed by atoms with Gasteiger partial charge in [-0.1, -0.05) is 30.3 Å². The molecule has 0 N–H and O–H groups in total. The summed E-state index contributed by atoms with van der Waals surface area (Å²) in [5.74, 6) is -2.37. The number of esters is 1. The summed E-state index contributed by atoms with van der Waals surface area (Å²) in [7, 11) is 1.71. The van der Waals surface area contributed by atoms with Gasteiger partial charge in [0.2, 0.25) is 5.76 Å². The molecule has 2 heterocycles. The number of hydrogen-bond donors (Lipinski definition) is 0. The summed E-state index contributed by atoms with van der Waals surface area (Å²) in [4.78, 5) is 20.1. The van der Waals surface area contributed by atoms with Crippen LogP contribution in [0.1, 0.15) is 40.2 Å². The van der Waals surface area contributed by atoms with Crippen LogP contribution >= 0.6 is 0 Å². The van der Waals surface area contributed by atoms with Crippen LogP contribution in [0.5, 0.6) is 0 Å². The molecule has 154 valence electrons. The number of likely N-dealkylation sites (N-methyl/N-ethyl adjacent to an activating group) is 1. The molecule has 1 saturated heterocycles. The van der Waals surface area contributed by atoms with Crippen molar-refractivity contribution in [3.63, 3.8) is 0 Å². The summed E-state index contributed by atoms with van der Waals surface area (Å²) >= 11 is 0. The Bertz CT molecular complexity index is 818.